The van der Waals surface area contributed by atoms with Crippen molar-refractivity contribution in [2.75, 3.05) is 0 Å². The zero-order valence-electron chi connectivity index (χ0n) is 30.7. The van der Waals surface area contributed by atoms with Crippen LogP contribution < -0.4 is 0 Å². The molecular weight excluding hydrogens is 677 g/mol. The molecular formula is C54H36N2. The Bertz CT molecular complexity index is 3220. The molecule has 0 atom stereocenters. The van der Waals surface area contributed by atoms with Crippen molar-refractivity contribution in [3.8, 4) is 56.1 Å². The molecule has 0 fully saturated rings. The molecule has 9 aromatic carbocycles. The van der Waals surface area contributed by atoms with E-state index in [1.54, 1.807) is 0 Å². The number of hydrogen-bond acceptors (Lipinski definition) is 0. The van der Waals surface area contributed by atoms with E-state index in [0.29, 0.717) is 0 Å². The van der Waals surface area contributed by atoms with Gasteiger partial charge in [0.25, 0.3) is 0 Å². The molecule has 2 heterocycles. The number of aromatic nitrogens is 2. The van der Waals surface area contributed by atoms with Crippen LogP contribution in [0.1, 0.15) is 0 Å². The molecule has 56 heavy (non-hydrogen) atoms. The monoisotopic (exact) mass is 712 g/mol. The van der Waals surface area contributed by atoms with Crippen molar-refractivity contribution in [2.24, 2.45) is 0 Å². The second-order valence-electron chi connectivity index (χ2n) is 14.6. The van der Waals surface area contributed by atoms with Crippen LogP contribution in [0.15, 0.2) is 218 Å². The summed E-state index contributed by atoms with van der Waals surface area (Å²) >= 11 is 0. The molecule has 0 spiro atoms. The lowest BCUT2D eigenvalue weighted by atomic mass is 10.0. The van der Waals surface area contributed by atoms with E-state index < -0.39 is 0 Å². The van der Waals surface area contributed by atoms with E-state index in [1.165, 1.54) is 93.8 Å². The highest BCUT2D eigenvalue weighted by Gasteiger charge is 2.18. The first kappa shape index (κ1) is 32.0. The molecule has 0 aliphatic carbocycles. The third-order valence-electron chi connectivity index (χ3n) is 11.3. The third-order valence-corrected chi connectivity index (χ3v) is 11.3. The second-order valence-corrected chi connectivity index (χ2v) is 14.6. The van der Waals surface area contributed by atoms with Gasteiger partial charge in [-0.25, -0.2) is 0 Å². The summed E-state index contributed by atoms with van der Waals surface area (Å²) in [5.74, 6) is 0. The maximum absolute atomic E-state index is 2.43. The minimum absolute atomic E-state index is 1.13. The molecule has 2 aromatic heterocycles. The van der Waals surface area contributed by atoms with Gasteiger partial charge in [0.2, 0.25) is 0 Å². The Morgan fingerprint density at radius 2 is 0.804 bits per heavy atom. The predicted molar refractivity (Wildman–Crippen MR) is 237 cm³/mol. The summed E-state index contributed by atoms with van der Waals surface area (Å²) in [6, 6.07) is 79.6. The van der Waals surface area contributed by atoms with Crippen molar-refractivity contribution in [2.45, 2.75) is 0 Å². The Kier molecular flexibility index (Phi) is 7.53. The van der Waals surface area contributed by atoms with Crippen LogP contribution in [0.25, 0.3) is 99.5 Å². The molecule has 0 radical (unpaired) electrons. The number of rotatable bonds is 6. The smallest absolute Gasteiger partial charge is 0.0541 e. The van der Waals surface area contributed by atoms with E-state index in [0.717, 1.165) is 5.69 Å². The highest BCUT2D eigenvalue weighted by Crippen LogP contribution is 2.39. The van der Waals surface area contributed by atoms with Crippen LogP contribution in [0.2, 0.25) is 0 Å². The van der Waals surface area contributed by atoms with E-state index in [4.69, 9.17) is 0 Å². The molecule has 0 amide bonds. The molecule has 0 saturated carbocycles. The van der Waals surface area contributed by atoms with Crippen LogP contribution in [0.5, 0.6) is 0 Å². The molecule has 11 aromatic rings. The van der Waals surface area contributed by atoms with E-state index in [-0.39, 0.29) is 0 Å². The Morgan fingerprint density at radius 3 is 1.62 bits per heavy atom. The van der Waals surface area contributed by atoms with Crippen LogP contribution in [0, 0.1) is 0 Å². The summed E-state index contributed by atoms with van der Waals surface area (Å²) in [4.78, 5) is 0. The fourth-order valence-electron chi connectivity index (χ4n) is 8.53. The van der Waals surface area contributed by atoms with Gasteiger partial charge in [0, 0.05) is 21.8 Å². The summed E-state index contributed by atoms with van der Waals surface area (Å²) in [6.45, 7) is 0. The summed E-state index contributed by atoms with van der Waals surface area (Å²) in [6.07, 6.45) is 0. The number of nitrogens with zero attached hydrogens (tertiary/aromatic N) is 2. The maximum atomic E-state index is 2.43. The predicted octanol–water partition coefficient (Wildman–Crippen LogP) is 14.5. The third kappa shape index (κ3) is 5.42. The lowest BCUT2D eigenvalue weighted by molar-refractivity contribution is 1.14. The van der Waals surface area contributed by atoms with Gasteiger partial charge in [-0.1, -0.05) is 164 Å². The van der Waals surface area contributed by atoms with Crippen LogP contribution in [0.4, 0.5) is 0 Å². The summed E-state index contributed by atoms with van der Waals surface area (Å²) in [5, 5.41) is 7.36. The SMILES string of the molecule is c1ccc(-c2ccc(-n3c(-c4ccc5ccccc5c4)cc4ccc(-c5ccc6c(c5)cc(-c5ccccc5)n6-c5cccc6ccccc56)cc43)cc2)cc1. The Labute approximate surface area is 325 Å². The summed E-state index contributed by atoms with van der Waals surface area (Å²) in [7, 11) is 0. The van der Waals surface area contributed by atoms with Gasteiger partial charge in [0.1, 0.15) is 0 Å². The zero-order chi connectivity index (χ0) is 37.0. The highest BCUT2D eigenvalue weighted by molar-refractivity contribution is 5.99. The standard InChI is InChI=1S/C54H36N2/c1-3-12-37(13-4-1)39-26-29-48(30-27-39)55-53-34-44(23-25-46(53)35-54(55)45-24-22-38-14-7-8-18-42(38)32-45)43-28-31-50-47(33-43)36-52(41-16-5-2-6-17-41)56(50)51-21-11-19-40-15-9-10-20-49(40)51/h1-36H. The van der Waals surface area contributed by atoms with E-state index in [9.17, 15) is 0 Å². The van der Waals surface area contributed by atoms with Gasteiger partial charge in [-0.05, 0) is 104 Å². The van der Waals surface area contributed by atoms with Crippen LogP contribution in [0.3, 0.4) is 0 Å². The lowest BCUT2D eigenvalue weighted by Gasteiger charge is -2.15. The second kappa shape index (κ2) is 13.2. The maximum Gasteiger partial charge on any atom is 0.0541 e. The fourth-order valence-corrected chi connectivity index (χ4v) is 8.53. The molecule has 0 unspecified atom stereocenters. The van der Waals surface area contributed by atoms with Crippen LogP contribution >= 0.6 is 0 Å². The minimum Gasteiger partial charge on any atom is -0.309 e. The van der Waals surface area contributed by atoms with Gasteiger partial charge < -0.3 is 9.13 Å². The number of fused-ring (bicyclic) bond motifs is 4. The summed E-state index contributed by atoms with van der Waals surface area (Å²) < 4.78 is 4.86. The first-order chi connectivity index (χ1) is 27.7. The van der Waals surface area contributed by atoms with Gasteiger partial charge in [-0.3, -0.25) is 0 Å². The van der Waals surface area contributed by atoms with Crippen molar-refractivity contribution in [3.05, 3.63) is 218 Å². The average Bonchev–Trinajstić information content (AvgIpc) is 3.85. The van der Waals surface area contributed by atoms with Gasteiger partial charge in [-0.2, -0.15) is 0 Å². The van der Waals surface area contributed by atoms with Gasteiger partial charge in [0.15, 0.2) is 0 Å². The first-order valence-electron chi connectivity index (χ1n) is 19.3. The molecule has 0 aliphatic heterocycles. The molecule has 0 N–H and O–H groups in total. The summed E-state index contributed by atoms with van der Waals surface area (Å²) in [5.41, 5.74) is 14.2. The Hall–Kier alpha value is -7.42. The van der Waals surface area contributed by atoms with Crippen LogP contribution in [-0.4, -0.2) is 9.13 Å². The number of benzene rings is 9. The normalized spacial score (nSPS) is 11.6. The van der Waals surface area contributed by atoms with E-state index in [2.05, 4.69) is 228 Å². The molecule has 11 rings (SSSR count). The van der Waals surface area contributed by atoms with Gasteiger partial charge >= 0.3 is 0 Å². The molecule has 0 saturated heterocycles. The average molecular weight is 713 g/mol. The van der Waals surface area contributed by atoms with E-state index >= 15 is 0 Å². The molecule has 0 aliphatic rings. The largest absolute Gasteiger partial charge is 0.309 e. The topological polar surface area (TPSA) is 9.86 Å². The Balaban J connectivity index is 1.09. The molecule has 2 nitrogen and oxygen atoms in total. The zero-order valence-corrected chi connectivity index (χ0v) is 30.7. The van der Waals surface area contributed by atoms with E-state index in [1.807, 2.05) is 0 Å². The van der Waals surface area contributed by atoms with Crippen molar-refractivity contribution in [3.63, 3.8) is 0 Å². The van der Waals surface area contributed by atoms with Gasteiger partial charge in [0.05, 0.1) is 28.1 Å². The Morgan fingerprint density at radius 1 is 0.250 bits per heavy atom. The van der Waals surface area contributed by atoms with Crippen LogP contribution in [-0.2, 0) is 0 Å². The van der Waals surface area contributed by atoms with Crippen molar-refractivity contribution in [1.82, 2.24) is 9.13 Å². The minimum atomic E-state index is 1.13. The van der Waals surface area contributed by atoms with Crippen molar-refractivity contribution < 1.29 is 0 Å². The lowest BCUT2D eigenvalue weighted by Crippen LogP contribution is -1.98. The van der Waals surface area contributed by atoms with Crippen molar-refractivity contribution >= 4 is 43.4 Å². The number of hydrogen-bond donors (Lipinski definition) is 0. The quantitative estimate of drug-likeness (QED) is 0.162. The van der Waals surface area contributed by atoms with Crippen molar-refractivity contribution in [1.29, 1.82) is 0 Å². The van der Waals surface area contributed by atoms with Gasteiger partial charge in [-0.15, -0.1) is 0 Å². The molecule has 0 bridgehead atoms. The highest BCUT2D eigenvalue weighted by atomic mass is 15.0. The molecule has 2 heteroatoms. The fraction of sp³-hybridized carbons (Fsp3) is 0. The first-order valence-corrected chi connectivity index (χ1v) is 19.3. The molecule has 262 valence electrons.